The average Bonchev–Trinajstić information content (AvgIpc) is 2.56. The summed E-state index contributed by atoms with van der Waals surface area (Å²) in [5, 5.41) is 0. The van der Waals surface area contributed by atoms with E-state index >= 15 is 0 Å². The minimum atomic E-state index is -0.588. The quantitative estimate of drug-likeness (QED) is 0.877. The maximum atomic E-state index is 12.8. The van der Waals surface area contributed by atoms with Crippen molar-refractivity contribution in [2.75, 3.05) is 24.3 Å². The van der Waals surface area contributed by atoms with Gasteiger partial charge in [-0.25, -0.2) is 0 Å². The molecule has 0 spiro atoms. The van der Waals surface area contributed by atoms with E-state index in [-0.39, 0.29) is 5.91 Å². The number of nitrogens with zero attached hydrogens (tertiary/aromatic N) is 1. The number of carbonyl (C=O) groups excluding carboxylic acids is 1. The van der Waals surface area contributed by atoms with Gasteiger partial charge < -0.3 is 20.1 Å². The summed E-state index contributed by atoms with van der Waals surface area (Å²) in [6.45, 7) is 4.55. The van der Waals surface area contributed by atoms with E-state index < -0.39 is 6.10 Å². The first-order chi connectivity index (χ1) is 11.5. The number of likely N-dealkylation sites (N-methyl/N-ethyl adjacent to an activating group) is 1. The molecule has 0 aliphatic carbocycles. The third-order valence-corrected chi connectivity index (χ3v) is 4.24. The van der Waals surface area contributed by atoms with E-state index in [1.165, 1.54) is 0 Å². The van der Waals surface area contributed by atoms with Gasteiger partial charge in [0.25, 0.3) is 5.91 Å². The second-order valence-electron chi connectivity index (χ2n) is 5.94. The summed E-state index contributed by atoms with van der Waals surface area (Å²) in [6, 6.07) is 11.3. The van der Waals surface area contributed by atoms with Gasteiger partial charge in [-0.3, -0.25) is 4.79 Å². The number of anilines is 2. The third kappa shape index (κ3) is 2.89. The highest BCUT2D eigenvalue weighted by Crippen LogP contribution is 2.36. The maximum absolute atomic E-state index is 12.8. The molecule has 3 rings (SSSR count). The highest BCUT2D eigenvalue weighted by atomic mass is 16.5. The van der Waals surface area contributed by atoms with Crippen molar-refractivity contribution in [1.29, 1.82) is 0 Å². The molecule has 5 nitrogen and oxygen atoms in total. The Bertz CT molecular complexity index is 773. The predicted molar refractivity (Wildman–Crippen MR) is 94.7 cm³/mol. The number of carbonyl (C=O) groups is 1. The fourth-order valence-corrected chi connectivity index (χ4v) is 3.07. The predicted octanol–water partition coefficient (Wildman–Crippen LogP) is 2.94. The van der Waals surface area contributed by atoms with Gasteiger partial charge in [0.15, 0.2) is 6.10 Å². The van der Waals surface area contributed by atoms with E-state index in [0.717, 1.165) is 22.6 Å². The van der Waals surface area contributed by atoms with Crippen LogP contribution in [0.3, 0.4) is 0 Å². The Morgan fingerprint density at radius 3 is 2.75 bits per heavy atom. The summed E-state index contributed by atoms with van der Waals surface area (Å²) in [4.78, 5) is 14.6. The fraction of sp³-hybridized carbons (Fsp3) is 0.316. The first-order valence-corrected chi connectivity index (χ1v) is 8.04. The van der Waals surface area contributed by atoms with Gasteiger partial charge in [-0.1, -0.05) is 17.7 Å². The largest absolute Gasteiger partial charge is 0.496 e. The first kappa shape index (κ1) is 16.2. The van der Waals surface area contributed by atoms with Gasteiger partial charge in [-0.15, -0.1) is 0 Å². The number of hydrogen-bond donors (Lipinski definition) is 1. The van der Waals surface area contributed by atoms with Crippen molar-refractivity contribution in [1.82, 2.24) is 0 Å². The van der Waals surface area contributed by atoms with Crippen LogP contribution in [0, 0.1) is 6.92 Å². The lowest BCUT2D eigenvalue weighted by Gasteiger charge is -2.34. The van der Waals surface area contributed by atoms with E-state index in [1.54, 1.807) is 24.1 Å². The highest BCUT2D eigenvalue weighted by molar-refractivity contribution is 6.00. The number of nitrogen functional groups attached to an aromatic ring is 1. The highest BCUT2D eigenvalue weighted by Gasteiger charge is 2.34. The number of aryl methyl sites for hydroxylation is 1. The Labute approximate surface area is 142 Å². The van der Waals surface area contributed by atoms with Crippen molar-refractivity contribution in [3.05, 3.63) is 47.5 Å². The molecule has 1 atom stereocenters. The minimum absolute atomic E-state index is 0.0432. The van der Waals surface area contributed by atoms with Crippen LogP contribution in [0.15, 0.2) is 36.4 Å². The molecule has 5 heteroatoms. The average molecular weight is 326 g/mol. The Balaban J connectivity index is 1.95. The van der Waals surface area contributed by atoms with Crippen LogP contribution >= 0.6 is 0 Å². The molecule has 0 aromatic heterocycles. The van der Waals surface area contributed by atoms with Crippen LogP contribution in [0.1, 0.15) is 18.1 Å². The normalized spacial score (nSPS) is 16.5. The third-order valence-electron chi connectivity index (χ3n) is 4.24. The van der Waals surface area contributed by atoms with Crippen LogP contribution < -0.4 is 20.1 Å². The Morgan fingerprint density at radius 1 is 1.25 bits per heavy atom. The zero-order chi connectivity index (χ0) is 17.3. The number of benzene rings is 2. The summed E-state index contributed by atoms with van der Waals surface area (Å²) in [7, 11) is 1.63. The summed E-state index contributed by atoms with van der Waals surface area (Å²) in [6.07, 6.45) is -0.135. The number of amides is 1. The summed E-state index contributed by atoms with van der Waals surface area (Å²) < 4.78 is 11.4. The molecule has 0 saturated heterocycles. The number of rotatable bonds is 4. The molecule has 2 N–H and O–H groups in total. The Hall–Kier alpha value is -2.69. The number of nitrogens with two attached hydrogens (primary N) is 1. The van der Waals surface area contributed by atoms with Crippen LogP contribution in [0.2, 0.25) is 0 Å². The molecule has 24 heavy (non-hydrogen) atoms. The van der Waals surface area contributed by atoms with Gasteiger partial charge >= 0.3 is 0 Å². The second-order valence-corrected chi connectivity index (χ2v) is 5.94. The Kier molecular flexibility index (Phi) is 4.34. The topological polar surface area (TPSA) is 64.8 Å². The van der Waals surface area contributed by atoms with Gasteiger partial charge in [-0.05, 0) is 37.6 Å². The lowest BCUT2D eigenvalue weighted by atomic mass is 10.0. The first-order valence-electron chi connectivity index (χ1n) is 8.04. The molecular formula is C19H22N2O3. The van der Waals surface area contributed by atoms with Crippen molar-refractivity contribution in [2.45, 2.75) is 26.4 Å². The van der Waals surface area contributed by atoms with Gasteiger partial charge in [0.05, 0.1) is 12.8 Å². The van der Waals surface area contributed by atoms with Crippen molar-refractivity contribution < 1.29 is 14.3 Å². The van der Waals surface area contributed by atoms with E-state index in [4.69, 9.17) is 15.2 Å². The van der Waals surface area contributed by atoms with E-state index in [2.05, 4.69) is 0 Å². The molecule has 0 radical (unpaired) electrons. The van der Waals surface area contributed by atoms with Crippen molar-refractivity contribution in [2.24, 2.45) is 0 Å². The van der Waals surface area contributed by atoms with Gasteiger partial charge in [0, 0.05) is 24.7 Å². The van der Waals surface area contributed by atoms with Gasteiger partial charge in [0.2, 0.25) is 0 Å². The van der Waals surface area contributed by atoms with Crippen LogP contribution in [0.25, 0.3) is 0 Å². The minimum Gasteiger partial charge on any atom is -0.496 e. The van der Waals surface area contributed by atoms with Crippen molar-refractivity contribution in [3.63, 3.8) is 0 Å². The lowest BCUT2D eigenvalue weighted by molar-refractivity contribution is -0.126. The zero-order valence-electron chi connectivity index (χ0n) is 14.2. The SMILES string of the molecule is CCN1C(=O)C(Cc2cc(C)ccc2OC)Oc2cc(N)ccc21. The molecule has 1 aliphatic heterocycles. The molecule has 1 aliphatic rings. The van der Waals surface area contributed by atoms with Crippen LogP contribution in [0.4, 0.5) is 11.4 Å². The number of hydrogen-bond acceptors (Lipinski definition) is 4. The van der Waals surface area contributed by atoms with Crippen molar-refractivity contribution >= 4 is 17.3 Å². The summed E-state index contributed by atoms with van der Waals surface area (Å²) in [5.74, 6) is 1.37. The molecule has 1 amide bonds. The standard InChI is InChI=1S/C19H22N2O3/c1-4-21-15-7-6-14(20)11-17(15)24-18(19(21)22)10-13-9-12(2)5-8-16(13)23-3/h5-9,11,18H,4,10,20H2,1-3H3. The lowest BCUT2D eigenvalue weighted by Crippen LogP contribution is -2.46. The molecule has 0 fully saturated rings. The van der Waals surface area contributed by atoms with E-state index in [1.807, 2.05) is 38.1 Å². The number of methoxy groups -OCH3 is 1. The summed E-state index contributed by atoms with van der Waals surface area (Å²) in [5.41, 5.74) is 9.32. The monoisotopic (exact) mass is 326 g/mol. The molecule has 1 unspecified atom stereocenters. The second kappa shape index (κ2) is 6.43. The molecule has 0 saturated carbocycles. The van der Waals surface area contributed by atoms with Crippen molar-refractivity contribution in [3.8, 4) is 11.5 Å². The molecular weight excluding hydrogens is 304 g/mol. The van der Waals surface area contributed by atoms with Crippen LogP contribution in [0.5, 0.6) is 11.5 Å². The van der Waals surface area contributed by atoms with Crippen LogP contribution in [-0.2, 0) is 11.2 Å². The van der Waals surface area contributed by atoms with E-state index in [0.29, 0.717) is 24.4 Å². The van der Waals surface area contributed by atoms with Gasteiger partial charge in [0.1, 0.15) is 11.5 Å². The van der Waals surface area contributed by atoms with Crippen LogP contribution in [-0.4, -0.2) is 25.7 Å². The summed E-state index contributed by atoms with van der Waals surface area (Å²) >= 11 is 0. The molecule has 1 heterocycles. The zero-order valence-corrected chi connectivity index (χ0v) is 14.2. The number of ether oxygens (including phenoxy) is 2. The molecule has 126 valence electrons. The fourth-order valence-electron chi connectivity index (χ4n) is 3.07. The van der Waals surface area contributed by atoms with E-state index in [9.17, 15) is 4.79 Å². The Morgan fingerprint density at radius 2 is 2.04 bits per heavy atom. The smallest absolute Gasteiger partial charge is 0.268 e. The molecule has 2 aromatic carbocycles. The molecule has 0 bridgehead atoms. The van der Waals surface area contributed by atoms with Gasteiger partial charge in [-0.2, -0.15) is 0 Å². The number of fused-ring (bicyclic) bond motifs is 1. The molecule has 2 aromatic rings. The maximum Gasteiger partial charge on any atom is 0.268 e.